The minimum Gasteiger partial charge on any atom is -0.328 e. The van der Waals surface area contributed by atoms with Gasteiger partial charge in [-0.25, -0.2) is 0 Å². The summed E-state index contributed by atoms with van der Waals surface area (Å²) in [4.78, 5) is 21.3. The van der Waals surface area contributed by atoms with Crippen molar-refractivity contribution >= 4 is 17.9 Å². The molecule has 0 atom stereocenters. The smallest absolute Gasteiger partial charge is 0.328 e. The lowest BCUT2D eigenvalue weighted by atomic mass is 10.0. The molecule has 0 aliphatic rings. The molecular formula is C10H8F3NO2. The Labute approximate surface area is 89.3 Å². The third kappa shape index (κ3) is 2.39. The van der Waals surface area contributed by atoms with E-state index in [1.807, 2.05) is 5.32 Å². The summed E-state index contributed by atoms with van der Waals surface area (Å²) in [5.74, 6) is -0.546. The number of Topliss-reactive ketones (excluding diaryl/α,β-unsaturated/α-hetero) is 1. The minimum atomic E-state index is -4.61. The number of ketones is 1. The lowest BCUT2D eigenvalue weighted by Crippen LogP contribution is -2.13. The number of hydrogen-bond donors (Lipinski definition) is 1. The van der Waals surface area contributed by atoms with Gasteiger partial charge >= 0.3 is 6.18 Å². The summed E-state index contributed by atoms with van der Waals surface area (Å²) in [6.07, 6.45) is -4.51. The second kappa shape index (κ2) is 4.34. The molecule has 86 valence electrons. The molecule has 6 heteroatoms. The monoisotopic (exact) mass is 231 g/mol. The first-order chi connectivity index (χ1) is 7.38. The van der Waals surface area contributed by atoms with Gasteiger partial charge in [-0.3, -0.25) is 9.59 Å². The number of nitrogens with one attached hydrogen (secondary N) is 1. The van der Waals surface area contributed by atoms with Gasteiger partial charge in [0.15, 0.2) is 5.78 Å². The molecule has 0 bridgehead atoms. The van der Waals surface area contributed by atoms with E-state index in [9.17, 15) is 22.8 Å². The van der Waals surface area contributed by atoms with Gasteiger partial charge in [0.05, 0.1) is 11.3 Å². The number of anilines is 1. The van der Waals surface area contributed by atoms with Crippen LogP contribution in [-0.2, 0) is 11.0 Å². The number of alkyl halides is 3. The summed E-state index contributed by atoms with van der Waals surface area (Å²) < 4.78 is 37.6. The Morgan fingerprint density at radius 3 is 2.44 bits per heavy atom. The Hall–Kier alpha value is -1.85. The van der Waals surface area contributed by atoms with Gasteiger partial charge < -0.3 is 5.32 Å². The van der Waals surface area contributed by atoms with E-state index < -0.39 is 23.2 Å². The van der Waals surface area contributed by atoms with Crippen molar-refractivity contribution < 1.29 is 22.8 Å². The highest BCUT2D eigenvalue weighted by molar-refractivity contribution is 6.02. The fourth-order valence-electron chi connectivity index (χ4n) is 1.30. The van der Waals surface area contributed by atoms with Crippen LogP contribution in [-0.4, -0.2) is 12.2 Å². The Morgan fingerprint density at radius 2 is 2.00 bits per heavy atom. The predicted molar refractivity (Wildman–Crippen MR) is 51.1 cm³/mol. The number of amides is 1. The molecule has 0 aromatic heterocycles. The highest BCUT2D eigenvalue weighted by atomic mass is 19.4. The summed E-state index contributed by atoms with van der Waals surface area (Å²) in [6, 6.07) is 3.15. The van der Waals surface area contributed by atoms with Crippen molar-refractivity contribution in [1.82, 2.24) is 0 Å². The summed E-state index contributed by atoms with van der Waals surface area (Å²) in [7, 11) is 0. The molecule has 1 aromatic carbocycles. The number of halogens is 3. The van der Waals surface area contributed by atoms with Crippen LogP contribution in [0.1, 0.15) is 22.8 Å². The molecular weight excluding hydrogens is 223 g/mol. The van der Waals surface area contributed by atoms with E-state index in [2.05, 4.69) is 0 Å². The Bertz CT molecular complexity index is 427. The van der Waals surface area contributed by atoms with E-state index in [-0.39, 0.29) is 12.0 Å². The maximum absolute atomic E-state index is 12.5. The summed E-state index contributed by atoms with van der Waals surface area (Å²) >= 11 is 0. The molecule has 16 heavy (non-hydrogen) atoms. The van der Waals surface area contributed by atoms with Crippen LogP contribution < -0.4 is 5.32 Å². The number of para-hydroxylation sites is 1. The average molecular weight is 231 g/mol. The number of carbonyl (C=O) groups excluding carboxylic acids is 2. The lowest BCUT2D eigenvalue weighted by molar-refractivity contribution is -0.136. The summed E-state index contributed by atoms with van der Waals surface area (Å²) in [5.41, 5.74) is -1.70. The lowest BCUT2D eigenvalue weighted by Gasteiger charge is -2.14. The van der Waals surface area contributed by atoms with Gasteiger partial charge in [-0.15, -0.1) is 0 Å². The minimum absolute atomic E-state index is 0.108. The van der Waals surface area contributed by atoms with Gasteiger partial charge in [0.1, 0.15) is 0 Å². The van der Waals surface area contributed by atoms with Gasteiger partial charge in [0, 0.05) is 5.56 Å². The van der Waals surface area contributed by atoms with Gasteiger partial charge in [0.25, 0.3) is 0 Å². The van der Waals surface area contributed by atoms with E-state index in [1.165, 1.54) is 6.07 Å². The van der Waals surface area contributed by atoms with Gasteiger partial charge in [-0.1, -0.05) is 6.07 Å². The molecule has 1 rings (SSSR count). The average Bonchev–Trinajstić information content (AvgIpc) is 2.16. The number of hydrogen-bond acceptors (Lipinski definition) is 2. The van der Waals surface area contributed by atoms with Crippen LogP contribution in [0.4, 0.5) is 18.9 Å². The van der Waals surface area contributed by atoms with Crippen molar-refractivity contribution in [1.29, 1.82) is 0 Å². The van der Waals surface area contributed by atoms with Crippen LogP contribution >= 0.6 is 0 Å². The molecule has 1 N–H and O–H groups in total. The zero-order chi connectivity index (χ0) is 12.3. The number of benzene rings is 1. The van der Waals surface area contributed by atoms with Gasteiger partial charge in [-0.05, 0) is 19.1 Å². The molecule has 0 heterocycles. The standard InChI is InChI=1S/C10H8F3NO2/c1-6(16)7-3-2-4-8(10(11,12)13)9(7)14-5-15/h2-5H,1H3,(H,14,15). The van der Waals surface area contributed by atoms with E-state index in [0.29, 0.717) is 0 Å². The molecule has 0 saturated heterocycles. The number of carbonyl (C=O) groups is 2. The molecule has 0 fully saturated rings. The molecule has 1 amide bonds. The molecule has 0 aliphatic carbocycles. The van der Waals surface area contributed by atoms with E-state index in [0.717, 1.165) is 19.1 Å². The zero-order valence-electron chi connectivity index (χ0n) is 8.26. The third-order valence-corrected chi connectivity index (χ3v) is 1.95. The van der Waals surface area contributed by atoms with Crippen LogP contribution in [0.2, 0.25) is 0 Å². The molecule has 0 unspecified atom stereocenters. The Kier molecular flexibility index (Phi) is 3.31. The molecule has 0 spiro atoms. The van der Waals surface area contributed by atoms with Crippen LogP contribution in [0.15, 0.2) is 18.2 Å². The molecule has 3 nitrogen and oxygen atoms in total. The Balaban J connectivity index is 3.44. The third-order valence-electron chi connectivity index (χ3n) is 1.95. The quantitative estimate of drug-likeness (QED) is 0.641. The maximum atomic E-state index is 12.5. The van der Waals surface area contributed by atoms with Crippen molar-refractivity contribution in [3.05, 3.63) is 29.3 Å². The molecule has 0 radical (unpaired) electrons. The zero-order valence-corrected chi connectivity index (χ0v) is 8.26. The van der Waals surface area contributed by atoms with Gasteiger partial charge in [0.2, 0.25) is 6.41 Å². The van der Waals surface area contributed by atoms with Crippen LogP contribution in [0.5, 0.6) is 0 Å². The van der Waals surface area contributed by atoms with Crippen molar-refractivity contribution in [2.75, 3.05) is 5.32 Å². The van der Waals surface area contributed by atoms with E-state index in [4.69, 9.17) is 0 Å². The van der Waals surface area contributed by atoms with Crippen molar-refractivity contribution in [2.24, 2.45) is 0 Å². The summed E-state index contributed by atoms with van der Waals surface area (Å²) in [5, 5.41) is 1.91. The largest absolute Gasteiger partial charge is 0.418 e. The van der Waals surface area contributed by atoms with Crippen molar-refractivity contribution in [2.45, 2.75) is 13.1 Å². The van der Waals surface area contributed by atoms with Crippen LogP contribution in [0.25, 0.3) is 0 Å². The first kappa shape index (κ1) is 12.2. The maximum Gasteiger partial charge on any atom is 0.418 e. The first-order valence-corrected chi connectivity index (χ1v) is 4.29. The second-order valence-electron chi connectivity index (χ2n) is 3.04. The molecule has 0 aliphatic heterocycles. The number of rotatable bonds is 3. The topological polar surface area (TPSA) is 46.2 Å². The SMILES string of the molecule is CC(=O)c1cccc(C(F)(F)F)c1NC=O. The highest BCUT2D eigenvalue weighted by Crippen LogP contribution is 2.36. The van der Waals surface area contributed by atoms with Crippen LogP contribution in [0, 0.1) is 0 Å². The second-order valence-corrected chi connectivity index (χ2v) is 3.04. The fourth-order valence-corrected chi connectivity index (χ4v) is 1.30. The molecule has 1 aromatic rings. The first-order valence-electron chi connectivity index (χ1n) is 4.29. The van der Waals surface area contributed by atoms with Crippen LogP contribution in [0.3, 0.4) is 0 Å². The van der Waals surface area contributed by atoms with Crippen molar-refractivity contribution in [3.63, 3.8) is 0 Å². The predicted octanol–water partition coefficient (Wildman–Crippen LogP) is 2.48. The summed E-state index contributed by atoms with van der Waals surface area (Å²) in [6.45, 7) is 1.13. The molecule has 0 saturated carbocycles. The Morgan fingerprint density at radius 1 is 1.38 bits per heavy atom. The fraction of sp³-hybridized carbons (Fsp3) is 0.200. The normalized spacial score (nSPS) is 11.0. The van der Waals surface area contributed by atoms with Crippen molar-refractivity contribution in [3.8, 4) is 0 Å². The van der Waals surface area contributed by atoms with Gasteiger partial charge in [-0.2, -0.15) is 13.2 Å². The van der Waals surface area contributed by atoms with E-state index >= 15 is 0 Å². The van der Waals surface area contributed by atoms with E-state index in [1.54, 1.807) is 0 Å². The highest BCUT2D eigenvalue weighted by Gasteiger charge is 2.34.